The number of carbonyl (C=O) groups is 2. The van der Waals surface area contributed by atoms with Crippen LogP contribution in [-0.2, 0) is 27.8 Å². The number of amides is 2. The predicted octanol–water partition coefficient (Wildman–Crippen LogP) is 3.13. The van der Waals surface area contributed by atoms with Gasteiger partial charge in [-0.1, -0.05) is 60.1 Å². The molecule has 0 aliphatic carbocycles. The maximum atomic E-state index is 12.7. The van der Waals surface area contributed by atoms with E-state index in [-0.39, 0.29) is 23.4 Å². The molecule has 0 heterocycles. The van der Waals surface area contributed by atoms with E-state index in [1.165, 1.54) is 12.1 Å². The van der Waals surface area contributed by atoms with Crippen LogP contribution in [0.25, 0.3) is 0 Å². The van der Waals surface area contributed by atoms with Crippen LogP contribution in [-0.4, -0.2) is 20.2 Å². The first-order valence-corrected chi connectivity index (χ1v) is 11.6. The van der Waals surface area contributed by atoms with Gasteiger partial charge >= 0.3 is 0 Å². The molecule has 0 spiro atoms. The van der Waals surface area contributed by atoms with Crippen LogP contribution in [0.2, 0.25) is 5.02 Å². The van der Waals surface area contributed by atoms with Crippen molar-refractivity contribution in [2.24, 2.45) is 0 Å². The Morgan fingerprint density at radius 3 is 2.25 bits per heavy atom. The van der Waals surface area contributed by atoms with Crippen molar-refractivity contribution in [3.63, 3.8) is 0 Å². The smallest absolute Gasteiger partial charge is 0.269 e. The van der Waals surface area contributed by atoms with Crippen LogP contribution in [0.1, 0.15) is 27.0 Å². The minimum absolute atomic E-state index is 0.0447. The summed E-state index contributed by atoms with van der Waals surface area (Å²) in [5, 5.41) is 0.561. The van der Waals surface area contributed by atoms with Crippen LogP contribution >= 0.6 is 11.6 Å². The van der Waals surface area contributed by atoms with Gasteiger partial charge in [0.05, 0.1) is 11.3 Å². The van der Waals surface area contributed by atoms with Crippen molar-refractivity contribution in [1.29, 1.82) is 0 Å². The molecule has 7 nitrogen and oxygen atoms in total. The van der Waals surface area contributed by atoms with Gasteiger partial charge in [-0.3, -0.25) is 20.4 Å². The molecule has 0 aromatic heterocycles. The van der Waals surface area contributed by atoms with E-state index < -0.39 is 21.8 Å². The molecule has 0 saturated heterocycles. The third kappa shape index (κ3) is 6.40. The first-order chi connectivity index (χ1) is 15.2. The number of hydrogen-bond acceptors (Lipinski definition) is 4. The van der Waals surface area contributed by atoms with Gasteiger partial charge in [-0.2, -0.15) is 0 Å². The highest BCUT2D eigenvalue weighted by Gasteiger charge is 2.18. The molecule has 0 bridgehead atoms. The molecule has 0 saturated carbocycles. The second-order valence-corrected chi connectivity index (χ2v) is 9.30. The molecule has 0 atom stereocenters. The van der Waals surface area contributed by atoms with Crippen molar-refractivity contribution in [2.45, 2.75) is 24.8 Å². The zero-order chi connectivity index (χ0) is 23.1. The molecule has 3 rings (SSSR count). The average molecular weight is 472 g/mol. The summed E-state index contributed by atoms with van der Waals surface area (Å²) in [6, 6.07) is 20.1. The van der Waals surface area contributed by atoms with Gasteiger partial charge in [0, 0.05) is 17.1 Å². The number of benzene rings is 3. The number of carbonyl (C=O) groups excluding carboxylic acids is 2. The van der Waals surface area contributed by atoms with Crippen molar-refractivity contribution < 1.29 is 18.0 Å². The Morgan fingerprint density at radius 1 is 0.875 bits per heavy atom. The van der Waals surface area contributed by atoms with E-state index in [0.717, 1.165) is 11.1 Å². The Labute approximate surface area is 191 Å². The van der Waals surface area contributed by atoms with E-state index in [9.17, 15) is 18.0 Å². The summed E-state index contributed by atoms with van der Waals surface area (Å²) in [4.78, 5) is 24.6. The van der Waals surface area contributed by atoms with Crippen LogP contribution < -0.4 is 15.6 Å². The first kappa shape index (κ1) is 23.5. The SMILES string of the molecule is Cc1ccc(S(=O)(=O)NCc2ccccc2)cc1C(=O)NNC(=O)Cc1ccc(Cl)cc1. The molecule has 2 amide bonds. The molecule has 0 fully saturated rings. The summed E-state index contributed by atoms with van der Waals surface area (Å²) in [5.74, 6) is -1.04. The number of sulfonamides is 1. The van der Waals surface area contributed by atoms with E-state index in [2.05, 4.69) is 15.6 Å². The third-order valence-electron chi connectivity index (χ3n) is 4.67. The van der Waals surface area contributed by atoms with Crippen LogP contribution in [0.15, 0.2) is 77.7 Å². The second kappa shape index (κ2) is 10.4. The molecular weight excluding hydrogens is 450 g/mol. The number of rotatable bonds is 7. The Kier molecular flexibility index (Phi) is 7.63. The summed E-state index contributed by atoms with van der Waals surface area (Å²) in [6.07, 6.45) is 0.0499. The molecule has 3 N–H and O–H groups in total. The zero-order valence-electron chi connectivity index (χ0n) is 17.3. The number of nitrogens with one attached hydrogen (secondary N) is 3. The van der Waals surface area contributed by atoms with E-state index in [0.29, 0.717) is 10.6 Å². The maximum Gasteiger partial charge on any atom is 0.269 e. The predicted molar refractivity (Wildman–Crippen MR) is 122 cm³/mol. The Bertz CT molecular complexity index is 1210. The fraction of sp³-hybridized carbons (Fsp3) is 0.130. The summed E-state index contributed by atoms with van der Waals surface area (Å²) in [7, 11) is -3.83. The number of hydrazine groups is 1. The van der Waals surface area contributed by atoms with Crippen molar-refractivity contribution in [1.82, 2.24) is 15.6 Å². The lowest BCUT2D eigenvalue weighted by atomic mass is 10.1. The molecule has 0 aliphatic rings. The average Bonchev–Trinajstić information content (AvgIpc) is 2.78. The molecule has 0 aliphatic heterocycles. The second-order valence-electron chi connectivity index (χ2n) is 7.09. The fourth-order valence-corrected chi connectivity index (χ4v) is 4.07. The van der Waals surface area contributed by atoms with Gasteiger partial charge in [-0.15, -0.1) is 0 Å². The van der Waals surface area contributed by atoms with E-state index >= 15 is 0 Å². The van der Waals surface area contributed by atoms with Crippen molar-refractivity contribution >= 4 is 33.4 Å². The van der Waals surface area contributed by atoms with Gasteiger partial charge in [-0.25, -0.2) is 13.1 Å². The largest absolute Gasteiger partial charge is 0.273 e. The number of hydrogen-bond donors (Lipinski definition) is 3. The first-order valence-electron chi connectivity index (χ1n) is 9.72. The van der Waals surface area contributed by atoms with Gasteiger partial charge < -0.3 is 0 Å². The lowest BCUT2D eigenvalue weighted by Gasteiger charge is -2.12. The number of halogens is 1. The molecule has 3 aromatic rings. The monoisotopic (exact) mass is 471 g/mol. The van der Waals surface area contributed by atoms with Gasteiger partial charge in [0.1, 0.15) is 0 Å². The van der Waals surface area contributed by atoms with Gasteiger partial charge in [0.2, 0.25) is 15.9 Å². The van der Waals surface area contributed by atoms with Crippen molar-refractivity contribution in [3.8, 4) is 0 Å². The molecule has 3 aromatic carbocycles. The maximum absolute atomic E-state index is 12.7. The summed E-state index contributed by atoms with van der Waals surface area (Å²) in [6.45, 7) is 1.80. The molecule has 9 heteroatoms. The van der Waals surface area contributed by atoms with Crippen LogP contribution in [0.5, 0.6) is 0 Å². The Morgan fingerprint density at radius 2 is 1.56 bits per heavy atom. The summed E-state index contributed by atoms with van der Waals surface area (Å²) >= 11 is 5.82. The van der Waals surface area contributed by atoms with Crippen LogP contribution in [0.3, 0.4) is 0 Å². The van der Waals surface area contributed by atoms with Crippen LogP contribution in [0, 0.1) is 6.92 Å². The third-order valence-corrected chi connectivity index (χ3v) is 6.32. The molecule has 166 valence electrons. The zero-order valence-corrected chi connectivity index (χ0v) is 18.8. The lowest BCUT2D eigenvalue weighted by Crippen LogP contribution is -2.42. The Hall–Kier alpha value is -3.20. The highest BCUT2D eigenvalue weighted by atomic mass is 35.5. The highest BCUT2D eigenvalue weighted by molar-refractivity contribution is 7.89. The highest BCUT2D eigenvalue weighted by Crippen LogP contribution is 2.16. The standard InChI is InChI=1S/C23H22ClN3O4S/c1-16-7-12-20(32(30,31)25-15-18-5-3-2-4-6-18)14-21(16)23(29)27-26-22(28)13-17-8-10-19(24)11-9-17/h2-12,14,25H,13,15H2,1H3,(H,26,28)(H,27,29). The van der Waals surface area contributed by atoms with Gasteiger partial charge in [-0.05, 0) is 47.9 Å². The quantitative estimate of drug-likeness (QED) is 0.460. The van der Waals surface area contributed by atoms with Crippen molar-refractivity contribution in [3.05, 3.63) is 100 Å². The molecular formula is C23H22ClN3O4S. The molecule has 0 radical (unpaired) electrons. The Balaban J connectivity index is 1.64. The van der Waals surface area contributed by atoms with Crippen LogP contribution in [0.4, 0.5) is 0 Å². The molecule has 0 unspecified atom stereocenters. The van der Waals surface area contributed by atoms with E-state index in [1.807, 2.05) is 30.3 Å². The summed E-state index contributed by atoms with van der Waals surface area (Å²) < 4.78 is 27.8. The normalized spacial score (nSPS) is 11.1. The lowest BCUT2D eigenvalue weighted by molar-refractivity contribution is -0.121. The fourth-order valence-electron chi connectivity index (χ4n) is 2.90. The minimum atomic E-state index is -3.83. The van der Waals surface area contributed by atoms with Crippen molar-refractivity contribution in [2.75, 3.05) is 0 Å². The summed E-state index contributed by atoms with van der Waals surface area (Å²) in [5.41, 5.74) is 6.91. The topological polar surface area (TPSA) is 104 Å². The van der Waals surface area contributed by atoms with E-state index in [4.69, 9.17) is 11.6 Å². The van der Waals surface area contributed by atoms with Gasteiger partial charge in [0.25, 0.3) is 5.91 Å². The van der Waals surface area contributed by atoms with E-state index in [1.54, 1.807) is 37.3 Å². The van der Waals surface area contributed by atoms with Gasteiger partial charge in [0.15, 0.2) is 0 Å². The number of aryl methyl sites for hydroxylation is 1. The molecule has 32 heavy (non-hydrogen) atoms. The minimum Gasteiger partial charge on any atom is -0.273 e.